The summed E-state index contributed by atoms with van der Waals surface area (Å²) in [6, 6.07) is 5.23. The van der Waals surface area contributed by atoms with Gasteiger partial charge in [0.25, 0.3) is 0 Å². The standard InChI is InChI=1S/C16H20FN3O/c17-10-1-4-14-13(9-10)15(16(21)19-14)18-11-5-7-20(8-6-11)12-2-3-12/h1,4,9,11-12,15,18H,2-3,5-8H2,(H,19,21). The topological polar surface area (TPSA) is 44.4 Å². The van der Waals surface area contributed by atoms with Crippen LogP contribution in [0.2, 0.25) is 0 Å². The van der Waals surface area contributed by atoms with Crippen LogP contribution >= 0.6 is 0 Å². The van der Waals surface area contributed by atoms with Crippen molar-refractivity contribution >= 4 is 11.6 Å². The number of carbonyl (C=O) groups excluding carboxylic acids is 1. The maximum absolute atomic E-state index is 13.4. The maximum atomic E-state index is 13.4. The Kier molecular flexibility index (Phi) is 3.19. The Hall–Kier alpha value is -1.46. The van der Waals surface area contributed by atoms with E-state index in [2.05, 4.69) is 15.5 Å². The van der Waals surface area contributed by atoms with Crippen LogP contribution in [-0.2, 0) is 4.79 Å². The molecule has 1 saturated carbocycles. The SMILES string of the molecule is O=C1Nc2ccc(F)cc2C1NC1CCN(C2CC2)CC1. The second-order valence-electron chi connectivity index (χ2n) is 6.36. The highest BCUT2D eigenvalue weighted by Gasteiger charge is 2.35. The molecule has 3 aliphatic rings. The molecule has 4 nitrogen and oxygen atoms in total. The molecular weight excluding hydrogens is 269 g/mol. The lowest BCUT2D eigenvalue weighted by atomic mass is 10.0. The predicted molar refractivity (Wildman–Crippen MR) is 78.5 cm³/mol. The third-order valence-electron chi connectivity index (χ3n) is 4.84. The van der Waals surface area contributed by atoms with Gasteiger partial charge in [0, 0.05) is 23.3 Å². The number of hydrogen-bond acceptors (Lipinski definition) is 3. The summed E-state index contributed by atoms with van der Waals surface area (Å²) in [5, 5.41) is 6.25. The van der Waals surface area contributed by atoms with Crippen molar-refractivity contribution in [3.05, 3.63) is 29.6 Å². The molecule has 5 heteroatoms. The fraction of sp³-hybridized carbons (Fsp3) is 0.562. The highest BCUT2D eigenvalue weighted by molar-refractivity contribution is 6.02. The molecule has 1 unspecified atom stereocenters. The number of benzene rings is 1. The molecule has 1 amide bonds. The number of piperidine rings is 1. The predicted octanol–water partition coefficient (Wildman–Crippen LogP) is 2.04. The molecule has 1 saturated heterocycles. The van der Waals surface area contributed by atoms with E-state index in [1.807, 2.05) is 0 Å². The number of fused-ring (bicyclic) bond motifs is 1. The number of carbonyl (C=O) groups is 1. The van der Waals surface area contributed by atoms with E-state index in [1.165, 1.54) is 25.0 Å². The molecule has 0 bridgehead atoms. The van der Waals surface area contributed by atoms with Gasteiger partial charge in [-0.05, 0) is 57.0 Å². The lowest BCUT2D eigenvalue weighted by Gasteiger charge is -2.33. The number of halogens is 1. The third-order valence-corrected chi connectivity index (χ3v) is 4.84. The van der Waals surface area contributed by atoms with Crippen LogP contribution in [-0.4, -0.2) is 36.0 Å². The summed E-state index contributed by atoms with van der Waals surface area (Å²) in [7, 11) is 0. The van der Waals surface area contributed by atoms with Gasteiger partial charge in [0.2, 0.25) is 5.91 Å². The van der Waals surface area contributed by atoms with Crippen LogP contribution in [0.25, 0.3) is 0 Å². The molecule has 2 N–H and O–H groups in total. The second kappa shape index (κ2) is 5.07. The minimum Gasteiger partial charge on any atom is -0.324 e. The Morgan fingerprint density at radius 3 is 2.67 bits per heavy atom. The van der Waals surface area contributed by atoms with Gasteiger partial charge < -0.3 is 10.2 Å². The second-order valence-corrected chi connectivity index (χ2v) is 6.36. The maximum Gasteiger partial charge on any atom is 0.246 e. The van der Waals surface area contributed by atoms with Crippen LogP contribution in [0.4, 0.5) is 10.1 Å². The Balaban J connectivity index is 1.43. The molecule has 1 aliphatic carbocycles. The van der Waals surface area contributed by atoms with E-state index in [4.69, 9.17) is 0 Å². The van der Waals surface area contributed by atoms with Gasteiger partial charge in [-0.1, -0.05) is 0 Å². The van der Waals surface area contributed by atoms with Crippen molar-refractivity contribution in [3.63, 3.8) is 0 Å². The number of rotatable bonds is 3. The zero-order chi connectivity index (χ0) is 14.4. The molecule has 0 radical (unpaired) electrons. The van der Waals surface area contributed by atoms with Crippen molar-refractivity contribution in [1.82, 2.24) is 10.2 Å². The fourth-order valence-corrected chi connectivity index (χ4v) is 3.50. The highest BCUT2D eigenvalue weighted by Crippen LogP contribution is 2.33. The Bertz CT molecular complexity index is 565. The van der Waals surface area contributed by atoms with E-state index in [-0.39, 0.29) is 11.7 Å². The quantitative estimate of drug-likeness (QED) is 0.895. The zero-order valence-electron chi connectivity index (χ0n) is 11.9. The smallest absolute Gasteiger partial charge is 0.246 e. The molecule has 2 heterocycles. The third kappa shape index (κ3) is 2.56. The van der Waals surface area contributed by atoms with Crippen molar-refractivity contribution in [2.24, 2.45) is 0 Å². The van der Waals surface area contributed by atoms with Crippen LogP contribution in [0.3, 0.4) is 0 Å². The number of hydrogen-bond donors (Lipinski definition) is 2. The molecule has 0 aromatic heterocycles. The van der Waals surface area contributed by atoms with Crippen molar-refractivity contribution in [3.8, 4) is 0 Å². The average molecular weight is 289 g/mol. The first-order valence-corrected chi connectivity index (χ1v) is 7.81. The monoisotopic (exact) mass is 289 g/mol. The van der Waals surface area contributed by atoms with Gasteiger partial charge in [-0.15, -0.1) is 0 Å². The van der Waals surface area contributed by atoms with E-state index in [0.717, 1.165) is 43.2 Å². The number of nitrogens with one attached hydrogen (secondary N) is 2. The van der Waals surface area contributed by atoms with Crippen molar-refractivity contribution < 1.29 is 9.18 Å². The van der Waals surface area contributed by atoms with Crippen molar-refractivity contribution in [2.45, 2.75) is 43.8 Å². The molecule has 2 fully saturated rings. The summed E-state index contributed by atoms with van der Waals surface area (Å²) in [5.41, 5.74) is 1.47. The molecule has 1 aromatic rings. The van der Waals surface area contributed by atoms with E-state index >= 15 is 0 Å². The molecule has 4 rings (SSSR count). The number of nitrogens with zero attached hydrogens (tertiary/aromatic N) is 1. The minimum atomic E-state index is -0.409. The number of anilines is 1. The van der Waals surface area contributed by atoms with Gasteiger partial charge in [0.15, 0.2) is 0 Å². The first-order chi connectivity index (χ1) is 10.2. The molecule has 1 aromatic carbocycles. The van der Waals surface area contributed by atoms with Gasteiger partial charge in [0.1, 0.15) is 11.9 Å². The van der Waals surface area contributed by atoms with E-state index in [9.17, 15) is 9.18 Å². The summed E-state index contributed by atoms with van der Waals surface area (Å²) < 4.78 is 13.4. The highest BCUT2D eigenvalue weighted by atomic mass is 19.1. The van der Waals surface area contributed by atoms with Gasteiger partial charge in [0.05, 0.1) is 0 Å². The lowest BCUT2D eigenvalue weighted by Crippen LogP contribution is -2.45. The molecule has 1 atom stereocenters. The summed E-state index contributed by atoms with van der Waals surface area (Å²) in [5.74, 6) is -0.360. The molecular formula is C16H20FN3O. The first kappa shape index (κ1) is 13.2. The minimum absolute atomic E-state index is 0.0692. The first-order valence-electron chi connectivity index (χ1n) is 7.81. The van der Waals surface area contributed by atoms with E-state index in [1.54, 1.807) is 6.07 Å². The van der Waals surface area contributed by atoms with Crippen LogP contribution in [0.5, 0.6) is 0 Å². The molecule has 21 heavy (non-hydrogen) atoms. The molecule has 0 spiro atoms. The van der Waals surface area contributed by atoms with E-state index < -0.39 is 6.04 Å². The number of likely N-dealkylation sites (tertiary alicyclic amines) is 1. The van der Waals surface area contributed by atoms with Crippen LogP contribution in [0, 0.1) is 5.82 Å². The summed E-state index contributed by atoms with van der Waals surface area (Å²) in [6.45, 7) is 2.21. The van der Waals surface area contributed by atoms with Gasteiger partial charge in [-0.2, -0.15) is 0 Å². The average Bonchev–Trinajstić information content (AvgIpc) is 3.28. The normalized spacial score (nSPS) is 26.7. The van der Waals surface area contributed by atoms with Crippen molar-refractivity contribution in [2.75, 3.05) is 18.4 Å². The lowest BCUT2D eigenvalue weighted by molar-refractivity contribution is -0.118. The number of amides is 1. The van der Waals surface area contributed by atoms with Crippen molar-refractivity contribution in [1.29, 1.82) is 0 Å². The zero-order valence-corrected chi connectivity index (χ0v) is 11.9. The van der Waals surface area contributed by atoms with Gasteiger partial charge >= 0.3 is 0 Å². The molecule has 2 aliphatic heterocycles. The Morgan fingerprint density at radius 2 is 1.95 bits per heavy atom. The summed E-state index contributed by atoms with van der Waals surface area (Å²) in [4.78, 5) is 14.6. The van der Waals surface area contributed by atoms with Gasteiger partial charge in [-0.3, -0.25) is 10.1 Å². The largest absolute Gasteiger partial charge is 0.324 e. The Morgan fingerprint density at radius 1 is 1.19 bits per heavy atom. The van der Waals surface area contributed by atoms with E-state index in [0.29, 0.717) is 6.04 Å². The molecule has 112 valence electrons. The summed E-state index contributed by atoms with van der Waals surface area (Å²) in [6.07, 6.45) is 4.81. The van der Waals surface area contributed by atoms with Crippen LogP contribution < -0.4 is 10.6 Å². The summed E-state index contributed by atoms with van der Waals surface area (Å²) >= 11 is 0. The van der Waals surface area contributed by atoms with Crippen LogP contribution in [0.15, 0.2) is 18.2 Å². The Labute approximate surface area is 123 Å². The van der Waals surface area contributed by atoms with Gasteiger partial charge in [-0.25, -0.2) is 4.39 Å². The van der Waals surface area contributed by atoms with Crippen LogP contribution in [0.1, 0.15) is 37.3 Å². The fourth-order valence-electron chi connectivity index (χ4n) is 3.50.